The summed E-state index contributed by atoms with van der Waals surface area (Å²) in [6.45, 7) is 7.26. The quantitative estimate of drug-likeness (QED) is 0.433. The minimum atomic E-state index is 0.539. The molecular weight excluding hydrogens is 192 g/mol. The number of hydrogen-bond acceptors (Lipinski definition) is 0. The van der Waals surface area contributed by atoms with Gasteiger partial charge in [0, 0.05) is 0 Å². The average molecular weight is 220 g/mol. The van der Waals surface area contributed by atoms with E-state index in [0.29, 0.717) is 5.41 Å². The SMILES string of the molecule is CCCCCCC1C2CCCC=C2C1(C)C. The molecule has 0 radical (unpaired) electrons. The van der Waals surface area contributed by atoms with Crippen molar-refractivity contribution in [3.63, 3.8) is 0 Å². The van der Waals surface area contributed by atoms with Gasteiger partial charge in [-0.25, -0.2) is 0 Å². The molecule has 2 rings (SSSR count). The van der Waals surface area contributed by atoms with Gasteiger partial charge in [0.25, 0.3) is 0 Å². The van der Waals surface area contributed by atoms with E-state index in [2.05, 4.69) is 26.8 Å². The maximum atomic E-state index is 2.55. The molecule has 0 aromatic rings. The molecule has 2 atom stereocenters. The fourth-order valence-electron chi connectivity index (χ4n) is 4.03. The maximum Gasteiger partial charge on any atom is -0.0108 e. The molecule has 2 unspecified atom stereocenters. The molecule has 1 saturated carbocycles. The molecule has 16 heavy (non-hydrogen) atoms. The Labute approximate surface area is 102 Å². The van der Waals surface area contributed by atoms with Crippen LogP contribution in [0.4, 0.5) is 0 Å². The Balaban J connectivity index is 1.85. The van der Waals surface area contributed by atoms with Gasteiger partial charge in [0.1, 0.15) is 0 Å². The fourth-order valence-corrected chi connectivity index (χ4v) is 4.03. The third kappa shape index (κ3) is 2.08. The van der Waals surface area contributed by atoms with Gasteiger partial charge in [-0.1, -0.05) is 58.1 Å². The average Bonchev–Trinajstić information content (AvgIpc) is 2.29. The molecule has 0 saturated heterocycles. The summed E-state index contributed by atoms with van der Waals surface area (Å²) in [4.78, 5) is 0. The zero-order valence-corrected chi connectivity index (χ0v) is 11.4. The van der Waals surface area contributed by atoms with E-state index >= 15 is 0 Å². The predicted molar refractivity (Wildman–Crippen MR) is 71.5 cm³/mol. The lowest BCUT2D eigenvalue weighted by atomic mass is 9.48. The summed E-state index contributed by atoms with van der Waals surface area (Å²) in [5, 5.41) is 0. The summed E-state index contributed by atoms with van der Waals surface area (Å²) < 4.78 is 0. The molecule has 0 heterocycles. The van der Waals surface area contributed by atoms with Gasteiger partial charge in [0.15, 0.2) is 0 Å². The molecule has 0 amide bonds. The van der Waals surface area contributed by atoms with Crippen molar-refractivity contribution >= 4 is 0 Å². The smallest absolute Gasteiger partial charge is 0.0108 e. The van der Waals surface area contributed by atoms with E-state index in [1.165, 1.54) is 51.4 Å². The van der Waals surface area contributed by atoms with Crippen LogP contribution in [0.2, 0.25) is 0 Å². The van der Waals surface area contributed by atoms with Crippen molar-refractivity contribution in [3.05, 3.63) is 11.6 Å². The number of fused-ring (bicyclic) bond motifs is 1. The zero-order chi connectivity index (χ0) is 11.6. The van der Waals surface area contributed by atoms with E-state index in [1.807, 2.05) is 0 Å². The second-order valence-corrected chi connectivity index (χ2v) is 6.37. The van der Waals surface area contributed by atoms with Crippen LogP contribution in [0.5, 0.6) is 0 Å². The van der Waals surface area contributed by atoms with Gasteiger partial charge in [0.2, 0.25) is 0 Å². The number of rotatable bonds is 5. The van der Waals surface area contributed by atoms with Crippen molar-refractivity contribution < 1.29 is 0 Å². The van der Waals surface area contributed by atoms with Crippen LogP contribution in [0.25, 0.3) is 0 Å². The summed E-state index contributed by atoms with van der Waals surface area (Å²) in [6.07, 6.45) is 14.0. The Bertz CT molecular complexity index is 259. The number of allylic oxidation sites excluding steroid dienone is 2. The summed E-state index contributed by atoms with van der Waals surface area (Å²) >= 11 is 0. The van der Waals surface area contributed by atoms with E-state index < -0.39 is 0 Å². The molecule has 0 aromatic heterocycles. The predicted octanol–water partition coefficient (Wildman–Crippen LogP) is 5.34. The lowest BCUT2D eigenvalue weighted by molar-refractivity contribution is 0.0573. The second kappa shape index (κ2) is 4.94. The molecular formula is C16H28. The van der Waals surface area contributed by atoms with Crippen LogP contribution in [-0.2, 0) is 0 Å². The molecule has 92 valence electrons. The van der Waals surface area contributed by atoms with E-state index in [-0.39, 0.29) is 0 Å². The number of unbranched alkanes of at least 4 members (excludes halogenated alkanes) is 3. The van der Waals surface area contributed by atoms with Gasteiger partial charge in [-0.2, -0.15) is 0 Å². The molecule has 0 N–H and O–H groups in total. The van der Waals surface area contributed by atoms with Crippen LogP contribution in [0.15, 0.2) is 11.6 Å². The van der Waals surface area contributed by atoms with E-state index in [4.69, 9.17) is 0 Å². The van der Waals surface area contributed by atoms with Crippen molar-refractivity contribution in [1.82, 2.24) is 0 Å². The second-order valence-electron chi connectivity index (χ2n) is 6.37. The summed E-state index contributed by atoms with van der Waals surface area (Å²) in [6, 6.07) is 0. The monoisotopic (exact) mass is 220 g/mol. The molecule has 2 aliphatic rings. The van der Waals surface area contributed by atoms with E-state index in [1.54, 1.807) is 5.57 Å². The first-order valence-corrected chi connectivity index (χ1v) is 7.38. The first kappa shape index (κ1) is 12.2. The van der Waals surface area contributed by atoms with Gasteiger partial charge in [-0.05, 0) is 42.9 Å². The highest BCUT2D eigenvalue weighted by Gasteiger charge is 2.50. The largest absolute Gasteiger partial charge is 0.0845 e. The summed E-state index contributed by atoms with van der Waals surface area (Å²) in [5.41, 5.74) is 2.34. The van der Waals surface area contributed by atoms with Gasteiger partial charge >= 0.3 is 0 Å². The van der Waals surface area contributed by atoms with Gasteiger partial charge in [-0.15, -0.1) is 0 Å². The minimum Gasteiger partial charge on any atom is -0.0845 e. The molecule has 1 fully saturated rings. The van der Waals surface area contributed by atoms with Crippen LogP contribution in [0, 0.1) is 17.3 Å². The van der Waals surface area contributed by atoms with Crippen molar-refractivity contribution in [2.24, 2.45) is 17.3 Å². The third-order valence-electron chi connectivity index (χ3n) is 5.01. The Morgan fingerprint density at radius 3 is 2.81 bits per heavy atom. The van der Waals surface area contributed by atoms with Gasteiger partial charge < -0.3 is 0 Å². The van der Waals surface area contributed by atoms with Crippen LogP contribution >= 0.6 is 0 Å². The summed E-state index contributed by atoms with van der Waals surface area (Å²) in [5.74, 6) is 1.97. The fraction of sp³-hybridized carbons (Fsp3) is 0.875. The molecule has 0 nitrogen and oxygen atoms in total. The highest BCUT2D eigenvalue weighted by molar-refractivity contribution is 5.30. The standard InChI is InChI=1S/C16H28/c1-4-5-6-7-11-14-13-10-8-9-12-15(13)16(14,2)3/h12-14H,4-11H2,1-3H3. The third-order valence-corrected chi connectivity index (χ3v) is 5.01. The first-order valence-electron chi connectivity index (χ1n) is 7.38. The molecule has 0 heteroatoms. The van der Waals surface area contributed by atoms with Crippen LogP contribution in [0.1, 0.15) is 72.1 Å². The van der Waals surface area contributed by atoms with E-state index in [9.17, 15) is 0 Å². The lowest BCUT2D eigenvalue weighted by Crippen LogP contribution is -2.47. The van der Waals surface area contributed by atoms with Crippen molar-refractivity contribution in [1.29, 1.82) is 0 Å². The van der Waals surface area contributed by atoms with Gasteiger partial charge in [0.05, 0.1) is 0 Å². The lowest BCUT2D eigenvalue weighted by Gasteiger charge is -2.56. The van der Waals surface area contributed by atoms with Crippen LogP contribution in [0.3, 0.4) is 0 Å². The van der Waals surface area contributed by atoms with Crippen molar-refractivity contribution in [3.8, 4) is 0 Å². The molecule has 0 aliphatic heterocycles. The highest BCUT2D eigenvalue weighted by atomic mass is 14.5. The van der Waals surface area contributed by atoms with Crippen molar-refractivity contribution in [2.45, 2.75) is 72.1 Å². The maximum absolute atomic E-state index is 2.55. The highest BCUT2D eigenvalue weighted by Crippen LogP contribution is 2.60. The topological polar surface area (TPSA) is 0 Å². The zero-order valence-electron chi connectivity index (χ0n) is 11.4. The molecule has 0 aromatic carbocycles. The van der Waals surface area contributed by atoms with Crippen molar-refractivity contribution in [2.75, 3.05) is 0 Å². The van der Waals surface area contributed by atoms with Crippen LogP contribution < -0.4 is 0 Å². The van der Waals surface area contributed by atoms with Crippen LogP contribution in [-0.4, -0.2) is 0 Å². The Kier molecular flexibility index (Phi) is 3.77. The number of hydrogen-bond donors (Lipinski definition) is 0. The molecule has 0 spiro atoms. The molecule has 0 bridgehead atoms. The Hall–Kier alpha value is -0.260. The Morgan fingerprint density at radius 1 is 1.25 bits per heavy atom. The first-order chi connectivity index (χ1) is 7.68. The Morgan fingerprint density at radius 2 is 2.06 bits per heavy atom. The summed E-state index contributed by atoms with van der Waals surface area (Å²) in [7, 11) is 0. The minimum absolute atomic E-state index is 0.539. The normalized spacial score (nSPS) is 31.6. The van der Waals surface area contributed by atoms with Gasteiger partial charge in [-0.3, -0.25) is 0 Å². The molecule has 2 aliphatic carbocycles. The van der Waals surface area contributed by atoms with E-state index in [0.717, 1.165) is 11.8 Å².